The highest BCUT2D eigenvalue weighted by Gasteiger charge is 2.05. The fraction of sp³-hybridized carbons (Fsp3) is 0.250. The average molecular weight is 210 g/mol. The summed E-state index contributed by atoms with van der Waals surface area (Å²) >= 11 is 0. The molecule has 0 aliphatic carbocycles. The molecule has 0 amide bonds. The van der Waals surface area contributed by atoms with Crippen LogP contribution in [0.15, 0.2) is 12.1 Å². The first kappa shape index (κ1) is 10.9. The van der Waals surface area contributed by atoms with E-state index in [1.54, 1.807) is 0 Å². The van der Waals surface area contributed by atoms with Crippen molar-refractivity contribution in [2.24, 2.45) is 0 Å². The second kappa shape index (κ2) is 3.48. The monoisotopic (exact) mass is 210 g/mol. The third-order valence-corrected chi connectivity index (χ3v) is 3.75. The van der Waals surface area contributed by atoms with E-state index in [4.69, 9.17) is 0 Å². The van der Waals surface area contributed by atoms with Crippen molar-refractivity contribution in [1.82, 2.24) is 0 Å². The zero-order valence-electron chi connectivity index (χ0n) is 10.6. The maximum Gasteiger partial charge on any atom is -0.0106 e. The molecular weight excluding hydrogens is 192 g/mol. The van der Waals surface area contributed by atoms with Gasteiger partial charge in [-0.15, -0.1) is 0 Å². The van der Waals surface area contributed by atoms with Crippen LogP contribution in [0.5, 0.6) is 0 Å². The molecule has 2 rings (SSSR count). The third-order valence-electron chi connectivity index (χ3n) is 3.75. The number of hydrogen-bond donors (Lipinski definition) is 0. The molecule has 2 aromatic carbocycles. The van der Waals surface area contributed by atoms with Crippen LogP contribution in [0.4, 0.5) is 0 Å². The van der Waals surface area contributed by atoms with Crippen molar-refractivity contribution >= 4 is 23.9 Å². The Kier molecular flexibility index (Phi) is 2.38. The van der Waals surface area contributed by atoms with Gasteiger partial charge in [0.05, 0.1) is 0 Å². The van der Waals surface area contributed by atoms with Crippen molar-refractivity contribution in [1.29, 1.82) is 0 Å². The topological polar surface area (TPSA) is 0 Å². The minimum atomic E-state index is 1.14. The second-order valence-corrected chi connectivity index (χ2v) is 4.69. The van der Waals surface area contributed by atoms with Crippen LogP contribution in [-0.2, 0) is 0 Å². The summed E-state index contributed by atoms with van der Waals surface area (Å²) in [6.45, 7) is 16.9. The minimum absolute atomic E-state index is 1.14. The summed E-state index contributed by atoms with van der Waals surface area (Å²) in [4.78, 5) is 0. The minimum Gasteiger partial charge on any atom is -0.0909 e. The van der Waals surface area contributed by atoms with Crippen LogP contribution in [-0.4, -0.2) is 0 Å². The number of fused-ring (bicyclic) bond motifs is 1. The summed E-state index contributed by atoms with van der Waals surface area (Å²) < 4.78 is 0. The Morgan fingerprint density at radius 2 is 1.00 bits per heavy atom. The van der Waals surface area contributed by atoms with Gasteiger partial charge in [-0.05, 0) is 71.2 Å². The van der Waals surface area contributed by atoms with Crippen molar-refractivity contribution < 1.29 is 0 Å². The van der Waals surface area contributed by atoms with Crippen LogP contribution in [0.2, 0.25) is 0 Å². The Labute approximate surface area is 96.9 Å². The molecule has 0 saturated heterocycles. The Hall–Kier alpha value is -1.56. The Bertz CT molecular complexity index is 615. The lowest BCUT2D eigenvalue weighted by molar-refractivity contribution is 1.29. The van der Waals surface area contributed by atoms with Crippen LogP contribution in [0.25, 0.3) is 23.9 Å². The summed E-state index contributed by atoms with van der Waals surface area (Å²) in [6, 6.07) is 4.46. The lowest BCUT2D eigenvalue weighted by Gasteiger charge is -2.10. The van der Waals surface area contributed by atoms with Crippen LogP contribution in [0.1, 0.15) is 22.3 Å². The Balaban J connectivity index is 3.16. The Morgan fingerprint density at radius 1 is 0.688 bits per heavy atom. The molecule has 16 heavy (non-hydrogen) atoms. The predicted octanol–water partition coefficient (Wildman–Crippen LogP) is 2.89. The second-order valence-electron chi connectivity index (χ2n) is 4.69. The molecule has 0 heteroatoms. The molecule has 0 unspecified atom stereocenters. The first-order chi connectivity index (χ1) is 7.43. The molecule has 0 nitrogen and oxygen atoms in total. The molecule has 0 fully saturated rings. The zero-order valence-corrected chi connectivity index (χ0v) is 10.6. The van der Waals surface area contributed by atoms with Crippen molar-refractivity contribution in [3.8, 4) is 0 Å². The van der Waals surface area contributed by atoms with E-state index in [1.807, 2.05) is 0 Å². The first-order valence-electron chi connectivity index (χ1n) is 5.61. The van der Waals surface area contributed by atoms with Crippen LogP contribution in [0.3, 0.4) is 0 Å². The van der Waals surface area contributed by atoms with E-state index >= 15 is 0 Å². The fourth-order valence-electron chi connectivity index (χ4n) is 2.17. The largest absolute Gasteiger partial charge is 0.0909 e. The smallest absolute Gasteiger partial charge is 0.0106 e. The van der Waals surface area contributed by atoms with Crippen molar-refractivity contribution in [2.75, 3.05) is 0 Å². The van der Waals surface area contributed by atoms with E-state index in [9.17, 15) is 0 Å². The van der Waals surface area contributed by atoms with Crippen LogP contribution in [0, 0.1) is 27.7 Å². The van der Waals surface area contributed by atoms with E-state index in [0.29, 0.717) is 0 Å². The molecule has 0 bridgehead atoms. The van der Waals surface area contributed by atoms with Gasteiger partial charge in [-0.2, -0.15) is 0 Å². The molecule has 0 aliphatic heterocycles. The molecule has 0 atom stereocenters. The summed E-state index contributed by atoms with van der Waals surface area (Å²) in [7, 11) is 0. The molecule has 0 N–H and O–H groups in total. The summed E-state index contributed by atoms with van der Waals surface area (Å²) in [5.74, 6) is 0. The fourth-order valence-corrected chi connectivity index (χ4v) is 2.17. The quantitative estimate of drug-likeness (QED) is 0.627. The molecule has 0 aromatic heterocycles. The van der Waals surface area contributed by atoms with Crippen molar-refractivity contribution in [2.45, 2.75) is 27.7 Å². The molecule has 0 saturated carbocycles. The van der Waals surface area contributed by atoms with Gasteiger partial charge >= 0.3 is 0 Å². The summed E-state index contributed by atoms with van der Waals surface area (Å²) in [5.41, 5.74) is 5.17. The van der Waals surface area contributed by atoms with Crippen molar-refractivity contribution in [3.05, 3.63) is 44.8 Å². The van der Waals surface area contributed by atoms with Gasteiger partial charge in [0, 0.05) is 0 Å². The van der Waals surface area contributed by atoms with E-state index < -0.39 is 0 Å². The highest BCUT2D eigenvalue weighted by Crippen LogP contribution is 2.15. The standard InChI is InChI=1S/C16H18/c1-9-7-15-13(5)11(3)12(4)14(6)16(15)8-10(9)2/h7-8H,5-6H2,1-4H3. The van der Waals surface area contributed by atoms with Gasteiger partial charge in [0.15, 0.2) is 0 Å². The van der Waals surface area contributed by atoms with Gasteiger partial charge in [0.1, 0.15) is 0 Å². The summed E-state index contributed by atoms with van der Waals surface area (Å²) in [5, 5.41) is 4.78. The summed E-state index contributed by atoms with van der Waals surface area (Å²) in [6.07, 6.45) is 0. The van der Waals surface area contributed by atoms with E-state index in [1.165, 1.54) is 33.0 Å². The van der Waals surface area contributed by atoms with Gasteiger partial charge in [-0.3, -0.25) is 0 Å². The van der Waals surface area contributed by atoms with E-state index in [2.05, 4.69) is 53.0 Å². The van der Waals surface area contributed by atoms with Gasteiger partial charge in [0.2, 0.25) is 0 Å². The molecule has 0 radical (unpaired) electrons. The Morgan fingerprint density at radius 3 is 1.31 bits per heavy atom. The number of hydrogen-bond acceptors (Lipinski definition) is 0. The van der Waals surface area contributed by atoms with E-state index in [-0.39, 0.29) is 0 Å². The van der Waals surface area contributed by atoms with Gasteiger partial charge in [-0.1, -0.05) is 25.3 Å². The highest BCUT2D eigenvalue weighted by molar-refractivity contribution is 5.87. The van der Waals surface area contributed by atoms with Gasteiger partial charge in [-0.25, -0.2) is 0 Å². The molecule has 82 valence electrons. The number of rotatable bonds is 0. The van der Waals surface area contributed by atoms with E-state index in [0.717, 1.165) is 10.4 Å². The third kappa shape index (κ3) is 1.37. The van der Waals surface area contributed by atoms with Gasteiger partial charge < -0.3 is 0 Å². The van der Waals surface area contributed by atoms with Crippen LogP contribution >= 0.6 is 0 Å². The lowest BCUT2D eigenvalue weighted by atomic mass is 9.94. The first-order valence-corrected chi connectivity index (χ1v) is 5.61. The van der Waals surface area contributed by atoms with Crippen molar-refractivity contribution in [3.63, 3.8) is 0 Å². The average Bonchev–Trinajstić information content (AvgIpc) is 2.26. The molecule has 0 aliphatic rings. The molecule has 0 spiro atoms. The SMILES string of the molecule is C=c1c(C)c(C)c(=C)c2cc(C)c(C)cc12. The molecule has 0 heterocycles. The molecule has 2 aromatic rings. The maximum atomic E-state index is 4.19. The number of aryl methyl sites for hydroxylation is 2. The van der Waals surface area contributed by atoms with Gasteiger partial charge in [0.25, 0.3) is 0 Å². The van der Waals surface area contributed by atoms with Crippen LogP contribution < -0.4 is 10.4 Å². The maximum absolute atomic E-state index is 4.19. The zero-order chi connectivity index (χ0) is 12.0. The highest BCUT2D eigenvalue weighted by atomic mass is 14.1. The normalized spacial score (nSPS) is 11.0. The lowest BCUT2D eigenvalue weighted by Crippen LogP contribution is -2.18. The number of benzene rings is 2. The molecular formula is C16H18. The predicted molar refractivity (Wildman–Crippen MR) is 73.2 cm³/mol.